The summed E-state index contributed by atoms with van der Waals surface area (Å²) in [5.41, 5.74) is -0.738. The van der Waals surface area contributed by atoms with Crippen LogP contribution in [0.5, 0.6) is 0 Å². The summed E-state index contributed by atoms with van der Waals surface area (Å²) in [4.78, 5) is 48.3. The second-order valence-corrected chi connectivity index (χ2v) is 11.0. The van der Waals surface area contributed by atoms with Crippen molar-refractivity contribution < 1.29 is 43.5 Å². The third-order valence-electron chi connectivity index (χ3n) is 8.70. The average Bonchev–Trinajstić information content (AvgIpc) is 3.04. The van der Waals surface area contributed by atoms with Gasteiger partial charge in [0.2, 0.25) is 18.0 Å². The minimum atomic E-state index is -1.09. The van der Waals surface area contributed by atoms with Crippen LogP contribution in [0.25, 0.3) is 0 Å². The number of esters is 1. The Morgan fingerprint density at radius 1 is 1.11 bits per heavy atom. The monoisotopic (exact) mass is 497 g/mol. The van der Waals surface area contributed by atoms with Gasteiger partial charge in [-0.05, 0) is 43.9 Å². The number of carboxylic acid groups (broad SMARTS) is 1. The molecule has 0 aromatic heterocycles. The van der Waals surface area contributed by atoms with Crippen molar-refractivity contribution in [2.45, 2.75) is 110 Å². The van der Waals surface area contributed by atoms with Gasteiger partial charge in [-0.1, -0.05) is 34.1 Å². The number of fused-ring (bicyclic) bond motifs is 2. The van der Waals surface area contributed by atoms with Gasteiger partial charge in [-0.3, -0.25) is 9.59 Å². The molecule has 5 fully saturated rings. The fourth-order valence-electron chi connectivity index (χ4n) is 6.34. The maximum atomic E-state index is 12.7. The van der Waals surface area contributed by atoms with Gasteiger partial charge >= 0.3 is 11.9 Å². The SMILES string of the molecule is CC[C@@H](C)[C@@H](NC(=O)CCC(=O)O[C@@H]1O[C@@H]2O[C@]3(C)CC[C@H]4[C@H](C)CC[C@@H]([C@H]1C)[C@@]24OO3)C(=O)O. The van der Waals surface area contributed by atoms with Gasteiger partial charge in [0.15, 0.2) is 11.9 Å². The van der Waals surface area contributed by atoms with Crippen LogP contribution in [0.4, 0.5) is 0 Å². The number of amides is 1. The Bertz CT molecular complexity index is 836. The number of carbonyl (C=O) groups excluding carboxylic acids is 2. The molecule has 10 nitrogen and oxygen atoms in total. The highest BCUT2D eigenvalue weighted by atomic mass is 17.3. The summed E-state index contributed by atoms with van der Waals surface area (Å²) >= 11 is 0. The predicted octanol–water partition coefficient (Wildman–Crippen LogP) is 3.13. The van der Waals surface area contributed by atoms with Gasteiger partial charge in [0.25, 0.3) is 0 Å². The zero-order chi connectivity index (χ0) is 25.5. The number of hydrogen-bond acceptors (Lipinski definition) is 8. The third kappa shape index (κ3) is 4.82. The first-order valence-electron chi connectivity index (χ1n) is 12.9. The van der Waals surface area contributed by atoms with E-state index in [4.69, 9.17) is 24.0 Å². The molecule has 35 heavy (non-hydrogen) atoms. The molecule has 198 valence electrons. The lowest BCUT2D eigenvalue weighted by Gasteiger charge is -2.59. The molecule has 2 bridgehead atoms. The number of aliphatic carboxylic acids is 1. The minimum Gasteiger partial charge on any atom is -0.480 e. The quantitative estimate of drug-likeness (QED) is 0.384. The average molecular weight is 498 g/mol. The second-order valence-electron chi connectivity index (χ2n) is 11.0. The molecule has 5 aliphatic rings. The molecular formula is C25H39NO9. The van der Waals surface area contributed by atoms with Crippen molar-refractivity contribution in [1.29, 1.82) is 0 Å². The van der Waals surface area contributed by atoms with E-state index in [-0.39, 0.29) is 36.5 Å². The van der Waals surface area contributed by atoms with Crippen LogP contribution >= 0.6 is 0 Å². The summed E-state index contributed by atoms with van der Waals surface area (Å²) < 4.78 is 18.2. The number of hydrogen-bond donors (Lipinski definition) is 2. The summed E-state index contributed by atoms with van der Waals surface area (Å²) in [6.07, 6.45) is 2.23. The van der Waals surface area contributed by atoms with Crippen molar-refractivity contribution in [3.63, 3.8) is 0 Å². The number of ether oxygens (including phenoxy) is 3. The summed E-state index contributed by atoms with van der Waals surface area (Å²) in [7, 11) is 0. The van der Waals surface area contributed by atoms with E-state index in [1.165, 1.54) is 0 Å². The first-order chi connectivity index (χ1) is 16.5. The minimum absolute atomic E-state index is 0.0260. The van der Waals surface area contributed by atoms with Gasteiger partial charge in [0.05, 0.1) is 6.42 Å². The smallest absolute Gasteiger partial charge is 0.326 e. The molecule has 4 saturated heterocycles. The van der Waals surface area contributed by atoms with E-state index < -0.39 is 47.9 Å². The lowest BCUT2D eigenvalue weighted by atomic mass is 9.58. The van der Waals surface area contributed by atoms with Crippen molar-refractivity contribution >= 4 is 17.8 Å². The fraction of sp³-hybridized carbons (Fsp3) is 0.880. The van der Waals surface area contributed by atoms with E-state index in [0.717, 1.165) is 19.3 Å². The summed E-state index contributed by atoms with van der Waals surface area (Å²) in [6, 6.07) is -0.991. The topological polar surface area (TPSA) is 130 Å². The highest BCUT2D eigenvalue weighted by Crippen LogP contribution is 2.60. The summed E-state index contributed by atoms with van der Waals surface area (Å²) in [6.45, 7) is 9.67. The zero-order valence-corrected chi connectivity index (χ0v) is 21.3. The number of nitrogens with one attached hydrogen (secondary N) is 1. The van der Waals surface area contributed by atoms with E-state index in [2.05, 4.69) is 12.2 Å². The van der Waals surface area contributed by atoms with Crippen molar-refractivity contribution in [1.82, 2.24) is 5.32 Å². The Morgan fingerprint density at radius 3 is 2.54 bits per heavy atom. The molecule has 1 amide bonds. The highest BCUT2D eigenvalue weighted by molar-refractivity contribution is 5.85. The molecule has 10 atom stereocenters. The van der Waals surface area contributed by atoms with Gasteiger partial charge in [0, 0.05) is 24.7 Å². The Labute approximate surface area is 206 Å². The van der Waals surface area contributed by atoms with Gasteiger partial charge in [-0.25, -0.2) is 14.6 Å². The maximum absolute atomic E-state index is 12.7. The van der Waals surface area contributed by atoms with Crippen LogP contribution in [0.3, 0.4) is 0 Å². The largest absolute Gasteiger partial charge is 0.480 e. The number of carbonyl (C=O) groups is 3. The fourth-order valence-corrected chi connectivity index (χ4v) is 6.34. The molecule has 0 aromatic rings. The first-order valence-corrected chi connectivity index (χ1v) is 12.9. The van der Waals surface area contributed by atoms with Crippen LogP contribution in [0.15, 0.2) is 0 Å². The van der Waals surface area contributed by atoms with Gasteiger partial charge in [-0.15, -0.1) is 0 Å². The molecule has 4 heterocycles. The number of rotatable bonds is 8. The van der Waals surface area contributed by atoms with E-state index in [1.807, 2.05) is 20.8 Å². The van der Waals surface area contributed by atoms with Crippen molar-refractivity contribution in [3.8, 4) is 0 Å². The standard InChI is InChI=1S/C25H39NO9/c1-6-13(2)20(21(29)30)26-18(27)9-10-19(28)31-22-15(4)17-8-7-14(3)16-11-12-24(5)33-23(32-22)25(16,17)35-34-24/h13-17,20,22-23H,6-12H2,1-5H3,(H,26,27)(H,29,30)/t13-,14-,15-,16+,17+,20-,22-,23-,24+,25-/m1/s1. The van der Waals surface area contributed by atoms with E-state index >= 15 is 0 Å². The molecule has 1 spiro atoms. The molecule has 0 radical (unpaired) electrons. The lowest BCUT2D eigenvalue weighted by Crippen LogP contribution is -2.70. The van der Waals surface area contributed by atoms with E-state index in [1.54, 1.807) is 6.92 Å². The first kappa shape index (κ1) is 26.3. The van der Waals surface area contributed by atoms with Crippen LogP contribution in [-0.4, -0.2) is 53.0 Å². The van der Waals surface area contributed by atoms with Crippen LogP contribution in [0.2, 0.25) is 0 Å². The third-order valence-corrected chi connectivity index (χ3v) is 8.70. The Hall–Kier alpha value is -1.75. The van der Waals surface area contributed by atoms with Gasteiger partial charge in [-0.2, -0.15) is 0 Å². The van der Waals surface area contributed by atoms with Crippen molar-refractivity contribution in [2.75, 3.05) is 0 Å². The molecule has 0 unspecified atom stereocenters. The summed E-state index contributed by atoms with van der Waals surface area (Å²) in [5.74, 6) is -2.80. The molecule has 10 heteroatoms. The molecule has 1 aliphatic carbocycles. The zero-order valence-electron chi connectivity index (χ0n) is 21.3. The number of carboxylic acids is 1. The predicted molar refractivity (Wildman–Crippen MR) is 121 cm³/mol. The second kappa shape index (κ2) is 9.95. The van der Waals surface area contributed by atoms with Gasteiger partial charge in [0.1, 0.15) is 6.04 Å². The van der Waals surface area contributed by atoms with E-state index in [9.17, 15) is 19.5 Å². The Kier molecular flexibility index (Phi) is 7.48. The summed E-state index contributed by atoms with van der Waals surface area (Å²) in [5, 5.41) is 11.9. The molecule has 0 aromatic carbocycles. The molecular weight excluding hydrogens is 458 g/mol. The Morgan fingerprint density at radius 2 is 1.86 bits per heavy atom. The van der Waals surface area contributed by atoms with E-state index in [0.29, 0.717) is 18.8 Å². The van der Waals surface area contributed by atoms with Crippen LogP contribution in [0.1, 0.15) is 79.6 Å². The maximum Gasteiger partial charge on any atom is 0.326 e. The Balaban J connectivity index is 1.39. The normalized spacial score (nSPS) is 41.7. The molecule has 5 rings (SSSR count). The van der Waals surface area contributed by atoms with Crippen molar-refractivity contribution in [2.24, 2.45) is 29.6 Å². The lowest BCUT2D eigenvalue weighted by molar-refractivity contribution is -0.576. The molecule has 1 saturated carbocycles. The molecule has 2 N–H and O–H groups in total. The van der Waals surface area contributed by atoms with Crippen LogP contribution in [0, 0.1) is 29.6 Å². The van der Waals surface area contributed by atoms with Crippen LogP contribution in [-0.2, 0) is 38.4 Å². The van der Waals surface area contributed by atoms with Crippen LogP contribution < -0.4 is 5.32 Å². The van der Waals surface area contributed by atoms with Crippen molar-refractivity contribution in [3.05, 3.63) is 0 Å². The molecule has 4 aliphatic heterocycles. The van der Waals surface area contributed by atoms with Gasteiger partial charge < -0.3 is 24.6 Å². The highest BCUT2D eigenvalue weighted by Gasteiger charge is 2.69.